The zero-order valence-electron chi connectivity index (χ0n) is 15.6. The molecule has 7 nitrogen and oxygen atoms in total. The standard InChI is InChI=1S/C20H27N3O4/c24-18(22-17-4-2-1-3-5-17)15-12-16(14-21-13-15)19(25)23-8-6-20(7-9-23)26-10-11-27-20/h12-14,17H,1-11H2,(H,22,24). The number of likely N-dealkylation sites (tertiary alicyclic amines) is 1. The van der Waals surface area contributed by atoms with Crippen molar-refractivity contribution in [2.45, 2.75) is 56.8 Å². The molecule has 1 aliphatic carbocycles. The van der Waals surface area contributed by atoms with Crippen LogP contribution in [0, 0.1) is 0 Å². The maximum absolute atomic E-state index is 12.8. The predicted octanol–water partition coefficient (Wildman–Crippen LogP) is 2.12. The molecule has 2 amide bonds. The summed E-state index contributed by atoms with van der Waals surface area (Å²) in [5.41, 5.74) is 0.901. The van der Waals surface area contributed by atoms with Crippen LogP contribution in [0.4, 0.5) is 0 Å². The first kappa shape index (κ1) is 18.4. The van der Waals surface area contributed by atoms with Crippen LogP contribution in [0.15, 0.2) is 18.5 Å². The summed E-state index contributed by atoms with van der Waals surface area (Å²) in [5, 5.41) is 3.08. The van der Waals surface area contributed by atoms with Gasteiger partial charge in [-0.3, -0.25) is 14.6 Å². The Labute approximate surface area is 159 Å². The largest absolute Gasteiger partial charge is 0.349 e. The summed E-state index contributed by atoms with van der Waals surface area (Å²) in [6.07, 6.45) is 10.0. The van der Waals surface area contributed by atoms with E-state index in [1.807, 2.05) is 0 Å². The number of carbonyl (C=O) groups is 2. The minimum absolute atomic E-state index is 0.0948. The molecule has 3 heterocycles. The molecule has 1 aromatic rings. The number of pyridine rings is 1. The van der Waals surface area contributed by atoms with Crippen molar-refractivity contribution >= 4 is 11.8 Å². The number of piperidine rings is 1. The monoisotopic (exact) mass is 373 g/mol. The van der Waals surface area contributed by atoms with Gasteiger partial charge in [-0.25, -0.2) is 0 Å². The van der Waals surface area contributed by atoms with Gasteiger partial charge in [-0.2, -0.15) is 0 Å². The number of amides is 2. The SMILES string of the molecule is O=C(NC1CCCCC1)c1cncc(C(=O)N2CCC3(CC2)OCCO3)c1. The van der Waals surface area contributed by atoms with Crippen molar-refractivity contribution in [1.29, 1.82) is 0 Å². The molecule has 3 fully saturated rings. The van der Waals surface area contributed by atoms with Crippen molar-refractivity contribution in [3.63, 3.8) is 0 Å². The quantitative estimate of drug-likeness (QED) is 0.878. The molecule has 1 aromatic heterocycles. The molecule has 1 N–H and O–H groups in total. The molecule has 27 heavy (non-hydrogen) atoms. The molecular weight excluding hydrogens is 346 g/mol. The van der Waals surface area contributed by atoms with Gasteiger partial charge in [-0.15, -0.1) is 0 Å². The van der Waals surface area contributed by atoms with Gasteiger partial charge in [0.15, 0.2) is 5.79 Å². The van der Waals surface area contributed by atoms with Crippen molar-refractivity contribution in [2.75, 3.05) is 26.3 Å². The summed E-state index contributed by atoms with van der Waals surface area (Å²) in [6.45, 7) is 2.40. The number of rotatable bonds is 3. The van der Waals surface area contributed by atoms with Crippen molar-refractivity contribution in [3.8, 4) is 0 Å². The first-order valence-electron chi connectivity index (χ1n) is 9.98. The maximum Gasteiger partial charge on any atom is 0.255 e. The summed E-state index contributed by atoms with van der Waals surface area (Å²) in [4.78, 5) is 31.3. The second kappa shape index (κ2) is 7.94. The molecule has 4 rings (SSSR count). The number of nitrogens with zero attached hydrogens (tertiary/aromatic N) is 2. The van der Waals surface area contributed by atoms with E-state index in [4.69, 9.17) is 9.47 Å². The number of hydrogen-bond donors (Lipinski definition) is 1. The minimum atomic E-state index is -0.503. The van der Waals surface area contributed by atoms with E-state index in [9.17, 15) is 9.59 Å². The van der Waals surface area contributed by atoms with Crippen molar-refractivity contribution in [3.05, 3.63) is 29.6 Å². The fraction of sp³-hybridized carbons (Fsp3) is 0.650. The van der Waals surface area contributed by atoms with Gasteiger partial charge in [-0.05, 0) is 18.9 Å². The Morgan fingerprint density at radius 2 is 1.70 bits per heavy atom. The summed E-state index contributed by atoms with van der Waals surface area (Å²) in [7, 11) is 0. The highest BCUT2D eigenvalue weighted by Crippen LogP contribution is 2.31. The first-order chi connectivity index (χ1) is 13.2. The molecule has 1 saturated carbocycles. The molecule has 2 aliphatic heterocycles. The van der Waals surface area contributed by atoms with Crippen LogP contribution in [0.3, 0.4) is 0 Å². The van der Waals surface area contributed by atoms with Crippen LogP contribution in [0.2, 0.25) is 0 Å². The number of nitrogens with one attached hydrogen (secondary N) is 1. The van der Waals surface area contributed by atoms with Crippen molar-refractivity contribution < 1.29 is 19.1 Å². The molecule has 1 spiro atoms. The lowest BCUT2D eigenvalue weighted by Gasteiger charge is -2.37. The first-order valence-corrected chi connectivity index (χ1v) is 9.98. The smallest absolute Gasteiger partial charge is 0.255 e. The molecule has 7 heteroatoms. The topological polar surface area (TPSA) is 80.8 Å². The van der Waals surface area contributed by atoms with Crippen LogP contribution in [0.5, 0.6) is 0 Å². The highest BCUT2D eigenvalue weighted by atomic mass is 16.7. The van der Waals surface area contributed by atoms with Crippen LogP contribution in [-0.2, 0) is 9.47 Å². The van der Waals surface area contributed by atoms with Crippen molar-refractivity contribution in [2.24, 2.45) is 0 Å². The van der Waals surface area contributed by atoms with Gasteiger partial charge in [-0.1, -0.05) is 19.3 Å². The van der Waals surface area contributed by atoms with E-state index in [2.05, 4.69) is 10.3 Å². The van der Waals surface area contributed by atoms with Gasteiger partial charge in [0, 0.05) is 44.4 Å². The van der Waals surface area contributed by atoms with Gasteiger partial charge < -0.3 is 19.7 Å². The molecule has 0 unspecified atom stereocenters. The highest BCUT2D eigenvalue weighted by Gasteiger charge is 2.40. The third-order valence-electron chi connectivity index (χ3n) is 5.81. The minimum Gasteiger partial charge on any atom is -0.349 e. The van der Waals surface area contributed by atoms with Crippen LogP contribution in [-0.4, -0.2) is 59.8 Å². The predicted molar refractivity (Wildman–Crippen MR) is 98.3 cm³/mol. The van der Waals surface area contributed by atoms with E-state index in [1.54, 1.807) is 11.0 Å². The van der Waals surface area contributed by atoms with Gasteiger partial charge >= 0.3 is 0 Å². The highest BCUT2D eigenvalue weighted by molar-refractivity contribution is 5.99. The Hall–Kier alpha value is -1.99. The average Bonchev–Trinajstić information content (AvgIpc) is 3.17. The van der Waals surface area contributed by atoms with E-state index < -0.39 is 5.79 Å². The lowest BCUT2D eigenvalue weighted by atomic mass is 9.95. The summed E-state index contributed by atoms with van der Waals surface area (Å²) in [5.74, 6) is -0.742. The second-order valence-corrected chi connectivity index (χ2v) is 7.67. The van der Waals surface area contributed by atoms with E-state index in [-0.39, 0.29) is 17.9 Å². The van der Waals surface area contributed by atoms with Gasteiger partial charge in [0.1, 0.15) is 0 Å². The van der Waals surface area contributed by atoms with E-state index >= 15 is 0 Å². The zero-order valence-corrected chi connectivity index (χ0v) is 15.6. The normalized spacial score (nSPS) is 22.7. The Kier molecular flexibility index (Phi) is 5.41. The second-order valence-electron chi connectivity index (χ2n) is 7.67. The lowest BCUT2D eigenvalue weighted by Crippen LogP contribution is -2.47. The molecule has 0 bridgehead atoms. The third kappa shape index (κ3) is 4.14. The summed E-state index contributed by atoms with van der Waals surface area (Å²) >= 11 is 0. The fourth-order valence-corrected chi connectivity index (χ4v) is 4.22. The molecule has 0 radical (unpaired) electrons. The molecule has 2 saturated heterocycles. The van der Waals surface area contributed by atoms with E-state index in [1.165, 1.54) is 18.8 Å². The molecule has 0 atom stereocenters. The van der Waals surface area contributed by atoms with Crippen LogP contribution >= 0.6 is 0 Å². The van der Waals surface area contributed by atoms with Gasteiger partial charge in [0.2, 0.25) is 0 Å². The van der Waals surface area contributed by atoms with E-state index in [0.717, 1.165) is 25.7 Å². The van der Waals surface area contributed by atoms with Crippen LogP contribution in [0.25, 0.3) is 0 Å². The Morgan fingerprint density at radius 3 is 2.41 bits per heavy atom. The number of hydrogen-bond acceptors (Lipinski definition) is 5. The molecule has 0 aromatic carbocycles. The van der Waals surface area contributed by atoms with Gasteiger partial charge in [0.25, 0.3) is 11.8 Å². The Bertz CT molecular complexity index is 686. The van der Waals surface area contributed by atoms with Crippen molar-refractivity contribution in [1.82, 2.24) is 15.2 Å². The molecular formula is C20H27N3O4. The van der Waals surface area contributed by atoms with Crippen LogP contribution < -0.4 is 5.32 Å². The Balaban J connectivity index is 1.38. The number of ether oxygens (including phenoxy) is 2. The molecule has 3 aliphatic rings. The van der Waals surface area contributed by atoms with Crippen LogP contribution in [0.1, 0.15) is 65.7 Å². The summed E-state index contributed by atoms with van der Waals surface area (Å²) in [6, 6.07) is 1.88. The maximum atomic E-state index is 12.8. The van der Waals surface area contributed by atoms with Gasteiger partial charge in [0.05, 0.1) is 24.3 Å². The Morgan fingerprint density at radius 1 is 1.04 bits per heavy atom. The number of carbonyl (C=O) groups excluding carboxylic acids is 2. The number of aromatic nitrogens is 1. The zero-order chi connectivity index (χ0) is 18.7. The summed E-state index contributed by atoms with van der Waals surface area (Å²) < 4.78 is 11.4. The van der Waals surface area contributed by atoms with E-state index in [0.29, 0.717) is 50.3 Å². The fourth-order valence-electron chi connectivity index (χ4n) is 4.22. The molecule has 146 valence electrons. The average molecular weight is 373 g/mol. The third-order valence-corrected chi connectivity index (χ3v) is 5.81. The lowest BCUT2D eigenvalue weighted by molar-refractivity contribution is -0.181.